The largest absolute Gasteiger partial charge is 0.478 e. The first-order valence-corrected chi connectivity index (χ1v) is 14.7. The molecule has 1 aliphatic carbocycles. The van der Waals surface area contributed by atoms with Crippen LogP contribution < -0.4 is 16.0 Å². The number of nitrogens with one attached hydrogen (secondary N) is 5. The van der Waals surface area contributed by atoms with Crippen molar-refractivity contribution in [2.24, 2.45) is 0 Å². The number of aromatic carboxylic acids is 1. The van der Waals surface area contributed by atoms with Crippen LogP contribution in [0.25, 0.3) is 21.8 Å². The van der Waals surface area contributed by atoms with Crippen LogP contribution in [-0.4, -0.2) is 51.4 Å². The Morgan fingerprint density at radius 3 is 2.24 bits per heavy atom. The molecule has 228 valence electrons. The first-order valence-electron chi connectivity index (χ1n) is 14.7. The van der Waals surface area contributed by atoms with Gasteiger partial charge in [-0.05, 0) is 62.2 Å². The van der Waals surface area contributed by atoms with Crippen molar-refractivity contribution >= 4 is 62.7 Å². The molecule has 0 saturated heterocycles. The number of anilines is 6. The summed E-state index contributed by atoms with van der Waals surface area (Å²) in [6.07, 6.45) is 3.94. The number of fused-ring (bicyclic) bond motifs is 2. The molecule has 7 aromatic rings. The average molecular weight is 612 g/mol. The van der Waals surface area contributed by atoms with Crippen molar-refractivity contribution < 1.29 is 9.90 Å². The lowest BCUT2D eigenvalue weighted by Gasteiger charge is -2.11. The van der Waals surface area contributed by atoms with Crippen LogP contribution in [0.4, 0.5) is 34.9 Å². The summed E-state index contributed by atoms with van der Waals surface area (Å²) in [5.41, 5.74) is 4.61. The summed E-state index contributed by atoms with van der Waals surface area (Å²) in [6, 6.07) is 26.0. The molecule has 0 aliphatic heterocycles. The highest BCUT2D eigenvalue weighted by Crippen LogP contribution is 2.40. The maximum Gasteiger partial charge on any atom is 0.335 e. The van der Waals surface area contributed by atoms with Gasteiger partial charge in [-0.15, -0.1) is 0 Å². The Labute approximate surface area is 262 Å². The van der Waals surface area contributed by atoms with E-state index in [0.29, 0.717) is 29.2 Å². The molecule has 0 atom stereocenters. The van der Waals surface area contributed by atoms with E-state index in [1.165, 1.54) is 18.9 Å². The molecular formula is C33H29N11O2. The van der Waals surface area contributed by atoms with Crippen LogP contribution in [-0.2, 0) is 0 Å². The number of carboxylic acid groups (broad SMARTS) is 1. The van der Waals surface area contributed by atoms with Crippen LogP contribution in [0, 0.1) is 6.92 Å². The Morgan fingerprint density at radius 1 is 0.761 bits per heavy atom. The molecule has 0 amide bonds. The number of carbonyl (C=O) groups is 1. The van der Waals surface area contributed by atoms with Crippen LogP contribution in [0.2, 0.25) is 0 Å². The molecule has 8 rings (SSSR count). The first-order chi connectivity index (χ1) is 22.5. The molecule has 6 N–H and O–H groups in total. The Balaban J connectivity index is 0.000000169. The number of aromatic amines is 2. The molecule has 0 bridgehead atoms. The molecule has 3 aromatic carbocycles. The number of hydrogen-bond acceptors (Lipinski definition) is 10. The van der Waals surface area contributed by atoms with Crippen molar-refractivity contribution in [3.8, 4) is 0 Å². The smallest absolute Gasteiger partial charge is 0.335 e. The van der Waals surface area contributed by atoms with Crippen molar-refractivity contribution in [2.45, 2.75) is 25.7 Å². The van der Waals surface area contributed by atoms with E-state index in [2.05, 4.69) is 56.3 Å². The van der Waals surface area contributed by atoms with E-state index < -0.39 is 5.97 Å². The van der Waals surface area contributed by atoms with E-state index in [1.807, 2.05) is 67.6 Å². The highest BCUT2D eigenvalue weighted by molar-refractivity contribution is 5.92. The van der Waals surface area contributed by atoms with Gasteiger partial charge in [0, 0.05) is 45.9 Å². The molecule has 13 heteroatoms. The number of carboxylic acids is 1. The maximum atomic E-state index is 11.2. The van der Waals surface area contributed by atoms with E-state index in [1.54, 1.807) is 24.5 Å². The van der Waals surface area contributed by atoms with Gasteiger partial charge in [0.25, 0.3) is 0 Å². The molecule has 4 heterocycles. The zero-order valence-corrected chi connectivity index (χ0v) is 24.7. The second-order valence-electron chi connectivity index (χ2n) is 10.8. The SMILES string of the molecule is Cc1cc(Nc2ncnc3ccccc23)n[nH]1.O=C(O)c1cccc(Nc2nc(Nc3cc(C4CC4)[nH]n3)c3ccccc3n2)c1. The van der Waals surface area contributed by atoms with Crippen molar-refractivity contribution in [3.05, 3.63) is 108 Å². The highest BCUT2D eigenvalue weighted by Gasteiger charge is 2.25. The van der Waals surface area contributed by atoms with Gasteiger partial charge in [0.1, 0.15) is 18.0 Å². The maximum absolute atomic E-state index is 11.2. The zero-order valence-electron chi connectivity index (χ0n) is 24.7. The van der Waals surface area contributed by atoms with Gasteiger partial charge in [-0.3, -0.25) is 10.2 Å². The molecule has 13 nitrogen and oxygen atoms in total. The summed E-state index contributed by atoms with van der Waals surface area (Å²) in [5, 5.41) is 35.0. The number of para-hydroxylation sites is 2. The number of hydrogen-bond donors (Lipinski definition) is 6. The first kappa shape index (κ1) is 28.4. The van der Waals surface area contributed by atoms with E-state index in [-0.39, 0.29) is 5.56 Å². The van der Waals surface area contributed by atoms with Gasteiger partial charge in [-0.25, -0.2) is 19.7 Å². The highest BCUT2D eigenvalue weighted by atomic mass is 16.4. The summed E-state index contributed by atoms with van der Waals surface area (Å²) in [7, 11) is 0. The van der Waals surface area contributed by atoms with Gasteiger partial charge >= 0.3 is 5.97 Å². The minimum Gasteiger partial charge on any atom is -0.478 e. The molecule has 1 aliphatic rings. The number of rotatable bonds is 8. The average Bonchev–Trinajstić information content (AvgIpc) is 3.68. The quantitative estimate of drug-likeness (QED) is 0.106. The van der Waals surface area contributed by atoms with Crippen molar-refractivity contribution in [1.29, 1.82) is 0 Å². The molecule has 4 aromatic heterocycles. The van der Waals surface area contributed by atoms with Gasteiger partial charge < -0.3 is 21.1 Å². The van der Waals surface area contributed by atoms with E-state index in [9.17, 15) is 9.90 Å². The topological polar surface area (TPSA) is 182 Å². The van der Waals surface area contributed by atoms with E-state index in [0.717, 1.165) is 44.8 Å². The Kier molecular flexibility index (Phi) is 7.61. The third-order valence-electron chi connectivity index (χ3n) is 7.33. The number of nitrogens with zero attached hydrogens (tertiary/aromatic N) is 6. The van der Waals surface area contributed by atoms with Gasteiger partial charge in [-0.2, -0.15) is 15.2 Å². The normalized spacial score (nSPS) is 12.4. The van der Waals surface area contributed by atoms with Crippen molar-refractivity contribution in [2.75, 3.05) is 16.0 Å². The standard InChI is InChI=1S/C21H18N6O2.C12H11N5/c28-20(29)13-4-3-5-14(10-13)22-21-23-16-7-2-1-6-15(16)19(25-21)24-18-11-17(26-27-18)12-8-9-12;1-8-6-11(17-16-8)15-12-9-4-2-3-5-10(9)13-7-14-12/h1-7,10-12H,8-9H2,(H,28,29)(H3,22,23,24,25,26,27);2-7H,1H3,(H2,13,14,15,16,17). The number of aryl methyl sites for hydroxylation is 1. The second kappa shape index (κ2) is 12.3. The van der Waals surface area contributed by atoms with Crippen molar-refractivity contribution in [3.63, 3.8) is 0 Å². The zero-order chi connectivity index (χ0) is 31.5. The molecule has 0 unspecified atom stereocenters. The summed E-state index contributed by atoms with van der Waals surface area (Å²) in [6.45, 7) is 1.95. The van der Waals surface area contributed by atoms with Crippen LogP contribution in [0.3, 0.4) is 0 Å². The number of aromatic nitrogens is 8. The van der Waals surface area contributed by atoms with Gasteiger partial charge in [-0.1, -0.05) is 30.3 Å². The molecule has 46 heavy (non-hydrogen) atoms. The molecule has 0 spiro atoms. The molecule has 0 radical (unpaired) electrons. The molecular weight excluding hydrogens is 582 g/mol. The van der Waals surface area contributed by atoms with Crippen LogP contribution in [0.1, 0.15) is 40.5 Å². The molecule has 1 fully saturated rings. The van der Waals surface area contributed by atoms with E-state index in [4.69, 9.17) is 0 Å². The Bertz CT molecular complexity index is 2170. The summed E-state index contributed by atoms with van der Waals surface area (Å²) in [5.74, 6) is 2.82. The van der Waals surface area contributed by atoms with Gasteiger partial charge in [0.05, 0.1) is 16.6 Å². The molecule has 1 saturated carbocycles. The summed E-state index contributed by atoms with van der Waals surface area (Å²) in [4.78, 5) is 28.8. The monoisotopic (exact) mass is 611 g/mol. The fourth-order valence-electron chi connectivity index (χ4n) is 4.92. The fraction of sp³-hybridized carbons (Fsp3) is 0.121. The minimum atomic E-state index is -0.986. The summed E-state index contributed by atoms with van der Waals surface area (Å²) >= 11 is 0. The summed E-state index contributed by atoms with van der Waals surface area (Å²) < 4.78 is 0. The van der Waals surface area contributed by atoms with Crippen LogP contribution in [0.15, 0.2) is 91.3 Å². The van der Waals surface area contributed by atoms with Crippen LogP contribution in [0.5, 0.6) is 0 Å². The third-order valence-corrected chi connectivity index (χ3v) is 7.33. The lowest BCUT2D eigenvalue weighted by molar-refractivity contribution is 0.0697. The lowest BCUT2D eigenvalue weighted by Crippen LogP contribution is -2.03. The van der Waals surface area contributed by atoms with Crippen LogP contribution >= 0.6 is 0 Å². The second-order valence-corrected chi connectivity index (χ2v) is 10.8. The number of benzene rings is 3. The Morgan fingerprint density at radius 2 is 1.48 bits per heavy atom. The minimum absolute atomic E-state index is 0.193. The number of H-pyrrole nitrogens is 2. The predicted octanol–water partition coefficient (Wildman–Crippen LogP) is 6.82. The third kappa shape index (κ3) is 6.43. The van der Waals surface area contributed by atoms with Gasteiger partial charge in [0.15, 0.2) is 11.6 Å². The van der Waals surface area contributed by atoms with Gasteiger partial charge in [0.2, 0.25) is 5.95 Å². The predicted molar refractivity (Wildman–Crippen MR) is 176 cm³/mol. The Hall–Kier alpha value is -6.37. The van der Waals surface area contributed by atoms with E-state index >= 15 is 0 Å². The van der Waals surface area contributed by atoms with Crippen molar-refractivity contribution in [1.82, 2.24) is 40.3 Å². The lowest BCUT2D eigenvalue weighted by atomic mass is 10.2. The fourth-order valence-corrected chi connectivity index (χ4v) is 4.92.